The second kappa shape index (κ2) is 7.51. The van der Waals surface area contributed by atoms with E-state index in [0.717, 1.165) is 26.0 Å². The summed E-state index contributed by atoms with van der Waals surface area (Å²) in [5.74, 6) is -0.487. The normalized spacial score (nSPS) is 43.7. The molecule has 28 heavy (non-hydrogen) atoms. The molecule has 7 unspecified atom stereocenters. The number of nitrogens with one attached hydrogen (secondary N) is 2. The number of fused-ring (bicyclic) bond motifs is 5. The van der Waals surface area contributed by atoms with Gasteiger partial charge in [-0.1, -0.05) is 6.07 Å². The molecule has 7 heteroatoms. The summed E-state index contributed by atoms with van der Waals surface area (Å²) in [5, 5.41) is 8.05. The van der Waals surface area contributed by atoms with Crippen LogP contribution in [0, 0.1) is 23.5 Å². The summed E-state index contributed by atoms with van der Waals surface area (Å²) in [6.07, 6.45) is 2.36. The van der Waals surface area contributed by atoms with Gasteiger partial charge in [-0.2, -0.15) is 0 Å². The van der Waals surface area contributed by atoms with E-state index < -0.39 is 11.6 Å². The van der Waals surface area contributed by atoms with Crippen LogP contribution < -0.4 is 10.6 Å². The van der Waals surface area contributed by atoms with Crippen molar-refractivity contribution in [3.63, 3.8) is 0 Å². The highest BCUT2D eigenvalue weighted by atomic mass is 32.2. The fourth-order valence-corrected chi connectivity index (χ4v) is 7.82. The van der Waals surface area contributed by atoms with Crippen molar-refractivity contribution in [1.29, 1.82) is 0 Å². The summed E-state index contributed by atoms with van der Waals surface area (Å²) in [4.78, 5) is 2.55. The van der Waals surface area contributed by atoms with Gasteiger partial charge in [0, 0.05) is 53.9 Å². The summed E-state index contributed by atoms with van der Waals surface area (Å²) < 4.78 is 35.7. The van der Waals surface area contributed by atoms with Crippen molar-refractivity contribution < 1.29 is 13.5 Å². The topological polar surface area (TPSA) is 36.5 Å². The largest absolute Gasteiger partial charge is 0.381 e. The van der Waals surface area contributed by atoms with E-state index in [1.807, 2.05) is 11.8 Å². The Labute approximate surface area is 169 Å². The van der Waals surface area contributed by atoms with Gasteiger partial charge in [0.05, 0.1) is 18.1 Å². The highest BCUT2D eigenvalue weighted by Gasteiger charge is 2.56. The Morgan fingerprint density at radius 1 is 1.18 bits per heavy atom. The highest BCUT2D eigenvalue weighted by molar-refractivity contribution is 8.00. The molecule has 4 aliphatic heterocycles. The molecule has 4 saturated heterocycles. The SMILES string of the molecule is CC1CN2C3SC4CCCOCC4C3C(c3c(F)cccc3F)N[C@@H](C)C2N1. The number of thioether (sulfide) groups is 1. The van der Waals surface area contributed by atoms with E-state index in [-0.39, 0.29) is 35.1 Å². The molecule has 8 atom stereocenters. The summed E-state index contributed by atoms with van der Waals surface area (Å²) in [7, 11) is 0. The number of ether oxygens (including phenoxy) is 1. The molecule has 0 aromatic heterocycles. The standard InChI is InChI=1S/C21H29F2N3OS/c1-11-9-26-20(24-11)12(2)25-19(18-14(22)5-3-6-15(18)23)17-13-10-27-8-4-7-16(13)28-21(17)26/h3,5-6,11-13,16-17,19-21,24-25H,4,7-10H2,1-2H3/t11?,12-,13?,16?,17?,19?,20?,21?/m0/s1. The quantitative estimate of drug-likeness (QED) is 0.746. The lowest BCUT2D eigenvalue weighted by Gasteiger charge is -2.34. The van der Waals surface area contributed by atoms with E-state index in [2.05, 4.69) is 29.4 Å². The van der Waals surface area contributed by atoms with Crippen LogP contribution in [-0.4, -0.2) is 53.5 Å². The molecule has 0 aliphatic carbocycles. The number of hydrogen-bond acceptors (Lipinski definition) is 5. The van der Waals surface area contributed by atoms with Gasteiger partial charge in [0.2, 0.25) is 0 Å². The third kappa shape index (κ3) is 3.10. The third-order valence-electron chi connectivity index (χ3n) is 6.94. The van der Waals surface area contributed by atoms with Crippen molar-refractivity contribution in [1.82, 2.24) is 15.5 Å². The number of halogens is 2. The fraction of sp³-hybridized carbons (Fsp3) is 0.714. The molecule has 1 aromatic rings. The molecule has 4 heterocycles. The van der Waals surface area contributed by atoms with Gasteiger partial charge < -0.3 is 10.1 Å². The van der Waals surface area contributed by atoms with Crippen molar-refractivity contribution in [3.05, 3.63) is 35.4 Å². The van der Waals surface area contributed by atoms with Crippen LogP contribution in [0.5, 0.6) is 0 Å². The minimum atomic E-state index is -0.449. The molecular weight excluding hydrogens is 380 g/mol. The zero-order valence-corrected chi connectivity index (χ0v) is 17.2. The molecule has 0 radical (unpaired) electrons. The van der Waals surface area contributed by atoms with Crippen molar-refractivity contribution >= 4 is 11.8 Å². The Hall–Kier alpha value is -0.730. The predicted molar refractivity (Wildman–Crippen MR) is 107 cm³/mol. The molecule has 4 aliphatic rings. The van der Waals surface area contributed by atoms with Gasteiger partial charge in [-0.15, -0.1) is 11.8 Å². The van der Waals surface area contributed by atoms with Gasteiger partial charge >= 0.3 is 0 Å². The van der Waals surface area contributed by atoms with Crippen LogP contribution in [0.2, 0.25) is 0 Å². The lowest BCUT2D eigenvalue weighted by Crippen LogP contribution is -2.50. The molecule has 1 aromatic carbocycles. The maximum absolute atomic E-state index is 14.9. The van der Waals surface area contributed by atoms with Gasteiger partial charge in [-0.25, -0.2) is 8.78 Å². The Bertz CT molecular complexity index is 717. The summed E-state index contributed by atoms with van der Waals surface area (Å²) in [6, 6.07) is 4.37. The van der Waals surface area contributed by atoms with Crippen molar-refractivity contribution in [3.8, 4) is 0 Å². The Morgan fingerprint density at radius 2 is 1.96 bits per heavy atom. The van der Waals surface area contributed by atoms with Gasteiger partial charge in [-0.05, 0) is 38.8 Å². The van der Waals surface area contributed by atoms with E-state index >= 15 is 0 Å². The van der Waals surface area contributed by atoms with Gasteiger partial charge in [0.1, 0.15) is 11.6 Å². The molecule has 4 fully saturated rings. The molecule has 2 N–H and O–H groups in total. The molecule has 0 amide bonds. The lowest BCUT2D eigenvalue weighted by molar-refractivity contribution is 0.0750. The van der Waals surface area contributed by atoms with Crippen molar-refractivity contribution in [2.75, 3.05) is 19.8 Å². The van der Waals surface area contributed by atoms with Gasteiger partial charge in [0.15, 0.2) is 0 Å². The summed E-state index contributed by atoms with van der Waals surface area (Å²) in [5.41, 5.74) is 0.198. The van der Waals surface area contributed by atoms with Crippen LogP contribution in [0.4, 0.5) is 8.78 Å². The average molecular weight is 410 g/mol. The third-order valence-corrected chi connectivity index (χ3v) is 8.74. The minimum absolute atomic E-state index is 0.0882. The molecule has 0 saturated carbocycles. The maximum atomic E-state index is 14.9. The van der Waals surface area contributed by atoms with Crippen molar-refractivity contribution in [2.24, 2.45) is 11.8 Å². The first-order valence-electron chi connectivity index (χ1n) is 10.5. The van der Waals surface area contributed by atoms with E-state index in [0.29, 0.717) is 23.8 Å². The highest BCUT2D eigenvalue weighted by Crippen LogP contribution is 2.54. The number of rotatable bonds is 1. The second-order valence-electron chi connectivity index (χ2n) is 8.80. The number of hydrogen-bond donors (Lipinski definition) is 2. The van der Waals surface area contributed by atoms with Crippen LogP contribution in [0.15, 0.2) is 18.2 Å². The molecule has 0 spiro atoms. The zero-order valence-electron chi connectivity index (χ0n) is 16.4. The van der Waals surface area contributed by atoms with E-state index in [4.69, 9.17) is 4.74 Å². The van der Waals surface area contributed by atoms with Gasteiger partial charge in [0.25, 0.3) is 0 Å². The Kier molecular flexibility index (Phi) is 5.16. The van der Waals surface area contributed by atoms with Crippen LogP contribution in [0.25, 0.3) is 0 Å². The monoisotopic (exact) mass is 409 g/mol. The molecule has 4 nitrogen and oxygen atoms in total. The van der Waals surface area contributed by atoms with Crippen LogP contribution in [0.3, 0.4) is 0 Å². The van der Waals surface area contributed by atoms with Gasteiger partial charge in [-0.3, -0.25) is 10.2 Å². The smallest absolute Gasteiger partial charge is 0.130 e. The minimum Gasteiger partial charge on any atom is -0.381 e. The average Bonchev–Trinajstić information content (AvgIpc) is 3.09. The predicted octanol–water partition coefficient (Wildman–Crippen LogP) is 3.10. The van der Waals surface area contributed by atoms with E-state index in [1.54, 1.807) is 0 Å². The molecule has 5 rings (SSSR count). The van der Waals surface area contributed by atoms with E-state index in [1.165, 1.54) is 18.2 Å². The Balaban J connectivity index is 1.60. The maximum Gasteiger partial charge on any atom is 0.130 e. The number of benzene rings is 1. The molecule has 0 bridgehead atoms. The summed E-state index contributed by atoms with van der Waals surface area (Å²) in [6.45, 7) is 6.78. The summed E-state index contributed by atoms with van der Waals surface area (Å²) >= 11 is 2.02. The first-order valence-corrected chi connectivity index (χ1v) is 11.4. The molecule has 154 valence electrons. The number of nitrogens with zero attached hydrogens (tertiary/aromatic N) is 1. The first kappa shape index (κ1) is 19.2. The second-order valence-corrected chi connectivity index (χ2v) is 10.2. The van der Waals surface area contributed by atoms with Crippen LogP contribution in [0.1, 0.15) is 38.3 Å². The van der Waals surface area contributed by atoms with E-state index in [9.17, 15) is 8.78 Å². The lowest BCUT2D eigenvalue weighted by atomic mass is 9.80. The fourth-order valence-electron chi connectivity index (χ4n) is 5.78. The van der Waals surface area contributed by atoms with Crippen LogP contribution in [-0.2, 0) is 4.74 Å². The zero-order chi connectivity index (χ0) is 19.4. The molecular formula is C21H29F2N3OS. The first-order chi connectivity index (χ1) is 13.5. The van der Waals surface area contributed by atoms with Crippen LogP contribution >= 0.6 is 11.8 Å². The van der Waals surface area contributed by atoms with Crippen molar-refractivity contribution in [2.45, 2.75) is 61.6 Å². The Morgan fingerprint density at radius 3 is 2.75 bits per heavy atom.